The van der Waals surface area contributed by atoms with E-state index in [1.54, 1.807) is 11.9 Å². The monoisotopic (exact) mass is 317 g/mol. The van der Waals surface area contributed by atoms with Crippen LogP contribution in [0.25, 0.3) is 0 Å². The van der Waals surface area contributed by atoms with E-state index in [2.05, 4.69) is 15.9 Å². The van der Waals surface area contributed by atoms with E-state index < -0.39 is 5.82 Å². The van der Waals surface area contributed by atoms with Crippen molar-refractivity contribution in [2.45, 2.75) is 19.3 Å². The van der Waals surface area contributed by atoms with Gasteiger partial charge < -0.3 is 10.0 Å². The molecule has 0 saturated heterocycles. The fraction of sp³-hybridized carbons (Fsp3) is 0.462. The van der Waals surface area contributed by atoms with Gasteiger partial charge in [-0.3, -0.25) is 4.79 Å². The first-order valence-corrected chi connectivity index (χ1v) is 6.67. The van der Waals surface area contributed by atoms with Gasteiger partial charge >= 0.3 is 0 Å². The highest BCUT2D eigenvalue weighted by atomic mass is 79.9. The van der Waals surface area contributed by atoms with Crippen LogP contribution in [-0.4, -0.2) is 36.1 Å². The number of carbonyl (C=O) groups excluding carboxylic acids is 1. The average Bonchev–Trinajstić information content (AvgIpc) is 2.36. The SMILES string of the molecule is CN(CCCCCO)C(=O)c1cc(F)ccc1Br. The van der Waals surface area contributed by atoms with Crippen LogP contribution < -0.4 is 0 Å². The Balaban J connectivity index is 2.60. The highest BCUT2D eigenvalue weighted by molar-refractivity contribution is 9.10. The van der Waals surface area contributed by atoms with Gasteiger partial charge in [-0.15, -0.1) is 0 Å². The Bertz CT molecular complexity index is 412. The zero-order valence-electron chi connectivity index (χ0n) is 10.3. The van der Waals surface area contributed by atoms with E-state index in [0.717, 1.165) is 19.3 Å². The van der Waals surface area contributed by atoms with Gasteiger partial charge in [0, 0.05) is 24.7 Å². The van der Waals surface area contributed by atoms with Crippen LogP contribution in [0.3, 0.4) is 0 Å². The molecule has 18 heavy (non-hydrogen) atoms. The van der Waals surface area contributed by atoms with E-state index >= 15 is 0 Å². The van der Waals surface area contributed by atoms with Gasteiger partial charge in [-0.05, 0) is 53.4 Å². The second kappa shape index (κ2) is 7.48. The number of aliphatic hydroxyl groups excluding tert-OH is 1. The summed E-state index contributed by atoms with van der Waals surface area (Å²) >= 11 is 3.25. The summed E-state index contributed by atoms with van der Waals surface area (Å²) in [5.41, 5.74) is 0.333. The largest absolute Gasteiger partial charge is 0.396 e. The van der Waals surface area contributed by atoms with Crippen molar-refractivity contribution in [3.8, 4) is 0 Å². The minimum Gasteiger partial charge on any atom is -0.396 e. The number of halogens is 2. The van der Waals surface area contributed by atoms with Crippen LogP contribution in [0.4, 0.5) is 4.39 Å². The van der Waals surface area contributed by atoms with Gasteiger partial charge in [-0.2, -0.15) is 0 Å². The summed E-state index contributed by atoms with van der Waals surface area (Å²) in [5.74, 6) is -0.624. The van der Waals surface area contributed by atoms with Crippen molar-refractivity contribution in [2.75, 3.05) is 20.2 Å². The fourth-order valence-corrected chi connectivity index (χ4v) is 2.02. The number of hydrogen-bond acceptors (Lipinski definition) is 2. The Kier molecular flexibility index (Phi) is 6.29. The quantitative estimate of drug-likeness (QED) is 0.820. The summed E-state index contributed by atoms with van der Waals surface area (Å²) in [4.78, 5) is 13.6. The van der Waals surface area contributed by atoms with Gasteiger partial charge in [0.1, 0.15) is 5.82 Å². The van der Waals surface area contributed by atoms with Gasteiger partial charge in [-0.25, -0.2) is 4.39 Å². The molecule has 1 N–H and O–H groups in total. The molecule has 3 nitrogen and oxygen atoms in total. The summed E-state index contributed by atoms with van der Waals surface area (Å²) in [6.45, 7) is 0.773. The van der Waals surface area contributed by atoms with Crippen molar-refractivity contribution in [1.29, 1.82) is 0 Å². The summed E-state index contributed by atoms with van der Waals surface area (Å²) < 4.78 is 13.7. The first-order chi connectivity index (χ1) is 8.56. The summed E-state index contributed by atoms with van der Waals surface area (Å²) in [5, 5.41) is 8.66. The Morgan fingerprint density at radius 1 is 1.39 bits per heavy atom. The Labute approximate surface area is 115 Å². The van der Waals surface area contributed by atoms with Crippen molar-refractivity contribution >= 4 is 21.8 Å². The maximum absolute atomic E-state index is 13.1. The third kappa shape index (κ3) is 4.38. The molecule has 0 aromatic heterocycles. The summed E-state index contributed by atoms with van der Waals surface area (Å²) in [6.07, 6.45) is 2.44. The van der Waals surface area contributed by atoms with E-state index in [1.807, 2.05) is 0 Å². The van der Waals surface area contributed by atoms with Crippen LogP contribution >= 0.6 is 15.9 Å². The van der Waals surface area contributed by atoms with Crippen LogP contribution in [0.1, 0.15) is 29.6 Å². The van der Waals surface area contributed by atoms with E-state index in [9.17, 15) is 9.18 Å². The minimum atomic E-state index is -0.421. The normalized spacial score (nSPS) is 10.4. The maximum Gasteiger partial charge on any atom is 0.254 e. The molecule has 0 aliphatic heterocycles. The lowest BCUT2D eigenvalue weighted by Crippen LogP contribution is -2.28. The zero-order chi connectivity index (χ0) is 13.5. The maximum atomic E-state index is 13.1. The molecule has 0 heterocycles. The van der Waals surface area contributed by atoms with Gasteiger partial charge in [0.25, 0.3) is 5.91 Å². The molecule has 0 aliphatic carbocycles. The number of carbonyl (C=O) groups is 1. The molecule has 0 spiro atoms. The number of aliphatic hydroxyl groups is 1. The first kappa shape index (κ1) is 15.1. The number of unbranched alkanes of at least 4 members (excludes halogenated alkanes) is 2. The van der Waals surface area contributed by atoms with E-state index in [-0.39, 0.29) is 12.5 Å². The van der Waals surface area contributed by atoms with Crippen molar-refractivity contribution in [3.05, 3.63) is 34.1 Å². The molecule has 0 unspecified atom stereocenters. The number of benzene rings is 1. The predicted octanol–water partition coefficient (Wildman–Crippen LogP) is 2.82. The van der Waals surface area contributed by atoms with Crippen molar-refractivity contribution in [3.63, 3.8) is 0 Å². The Morgan fingerprint density at radius 3 is 2.78 bits per heavy atom. The third-order valence-corrected chi connectivity index (χ3v) is 3.35. The predicted molar refractivity (Wildman–Crippen MR) is 72.0 cm³/mol. The van der Waals surface area contributed by atoms with E-state index in [0.29, 0.717) is 16.6 Å². The van der Waals surface area contributed by atoms with Crippen molar-refractivity contribution < 1.29 is 14.3 Å². The second-order valence-electron chi connectivity index (χ2n) is 4.14. The third-order valence-electron chi connectivity index (χ3n) is 2.66. The molecule has 1 aromatic carbocycles. The molecule has 0 aliphatic rings. The van der Waals surface area contributed by atoms with Crippen LogP contribution in [0.5, 0.6) is 0 Å². The molecule has 0 atom stereocenters. The molecule has 100 valence electrons. The lowest BCUT2D eigenvalue weighted by atomic mass is 10.2. The zero-order valence-corrected chi connectivity index (χ0v) is 11.9. The van der Waals surface area contributed by atoms with E-state index in [1.165, 1.54) is 18.2 Å². The van der Waals surface area contributed by atoms with Crippen LogP contribution in [0.15, 0.2) is 22.7 Å². The lowest BCUT2D eigenvalue weighted by Gasteiger charge is -2.17. The Hall–Kier alpha value is -0.940. The van der Waals surface area contributed by atoms with Crippen LogP contribution in [-0.2, 0) is 0 Å². The van der Waals surface area contributed by atoms with Crippen LogP contribution in [0.2, 0.25) is 0 Å². The number of nitrogens with zero attached hydrogens (tertiary/aromatic N) is 1. The summed E-state index contributed by atoms with van der Waals surface area (Å²) in [7, 11) is 1.69. The molecular weight excluding hydrogens is 301 g/mol. The molecule has 5 heteroatoms. The molecular formula is C13H17BrFNO2. The van der Waals surface area contributed by atoms with Crippen molar-refractivity contribution in [1.82, 2.24) is 4.90 Å². The molecule has 0 radical (unpaired) electrons. The minimum absolute atomic E-state index is 0.174. The lowest BCUT2D eigenvalue weighted by molar-refractivity contribution is 0.0790. The van der Waals surface area contributed by atoms with Gasteiger partial charge in [-0.1, -0.05) is 0 Å². The van der Waals surface area contributed by atoms with Gasteiger partial charge in [0.15, 0.2) is 0 Å². The molecule has 0 saturated carbocycles. The molecule has 1 amide bonds. The first-order valence-electron chi connectivity index (χ1n) is 5.87. The number of amides is 1. The topological polar surface area (TPSA) is 40.5 Å². The number of hydrogen-bond donors (Lipinski definition) is 1. The Morgan fingerprint density at radius 2 is 2.11 bits per heavy atom. The molecule has 1 rings (SSSR count). The van der Waals surface area contributed by atoms with E-state index in [4.69, 9.17) is 5.11 Å². The molecule has 0 bridgehead atoms. The van der Waals surface area contributed by atoms with Gasteiger partial charge in [0.05, 0.1) is 5.56 Å². The van der Waals surface area contributed by atoms with Crippen LogP contribution in [0, 0.1) is 5.82 Å². The number of rotatable bonds is 6. The highest BCUT2D eigenvalue weighted by Crippen LogP contribution is 2.19. The molecule has 1 aromatic rings. The smallest absolute Gasteiger partial charge is 0.254 e. The van der Waals surface area contributed by atoms with Gasteiger partial charge in [0.2, 0.25) is 0 Å². The second-order valence-corrected chi connectivity index (χ2v) is 4.99. The standard InChI is InChI=1S/C13H17BrFNO2/c1-16(7-3-2-4-8-17)13(18)11-9-10(15)5-6-12(11)14/h5-6,9,17H,2-4,7-8H2,1H3. The van der Waals surface area contributed by atoms with Crippen molar-refractivity contribution in [2.24, 2.45) is 0 Å². The summed E-state index contributed by atoms with van der Waals surface area (Å²) in [6, 6.07) is 4.07. The fourth-order valence-electron chi connectivity index (χ4n) is 1.61. The highest BCUT2D eigenvalue weighted by Gasteiger charge is 2.15. The molecule has 0 fully saturated rings. The average molecular weight is 318 g/mol.